The Balaban J connectivity index is 1.97. The highest BCUT2D eigenvalue weighted by Gasteiger charge is 2.24. The highest BCUT2D eigenvalue weighted by Crippen LogP contribution is 2.13. The summed E-state index contributed by atoms with van der Waals surface area (Å²) in [6, 6.07) is 11.7. The molecule has 0 aliphatic heterocycles. The molecule has 0 radical (unpaired) electrons. The number of nitrogens with one attached hydrogen (secondary N) is 2. The van der Waals surface area contributed by atoms with Crippen molar-refractivity contribution >= 4 is 11.8 Å². The molecule has 138 valence electrons. The molecule has 0 bridgehead atoms. The van der Waals surface area contributed by atoms with Crippen molar-refractivity contribution in [2.24, 2.45) is 5.92 Å². The van der Waals surface area contributed by atoms with Gasteiger partial charge in [-0.15, -0.1) is 0 Å². The maximum absolute atomic E-state index is 12.5. The van der Waals surface area contributed by atoms with E-state index in [1.165, 1.54) is 0 Å². The molecule has 0 fully saturated rings. The van der Waals surface area contributed by atoms with Crippen molar-refractivity contribution in [3.8, 4) is 5.75 Å². The van der Waals surface area contributed by atoms with E-state index >= 15 is 0 Å². The fourth-order valence-electron chi connectivity index (χ4n) is 2.42. The Morgan fingerprint density at radius 1 is 1.12 bits per heavy atom. The Bertz CT molecular complexity index is 715. The van der Waals surface area contributed by atoms with Crippen LogP contribution in [0.3, 0.4) is 0 Å². The molecule has 0 aliphatic carbocycles. The number of pyridine rings is 1. The minimum absolute atomic E-state index is 0.0506. The number of rotatable bonds is 8. The number of carbonyl (C=O) groups is 2. The lowest BCUT2D eigenvalue weighted by molar-refractivity contribution is -0.124. The first kappa shape index (κ1) is 19.4. The molecule has 2 N–H and O–H groups in total. The first-order chi connectivity index (χ1) is 12.5. The molecular weight excluding hydrogens is 330 g/mol. The van der Waals surface area contributed by atoms with Crippen LogP contribution in [0, 0.1) is 5.92 Å². The summed E-state index contributed by atoms with van der Waals surface area (Å²) in [7, 11) is 0. The molecule has 0 saturated carbocycles. The number of amides is 2. The van der Waals surface area contributed by atoms with Crippen molar-refractivity contribution < 1.29 is 14.3 Å². The van der Waals surface area contributed by atoms with Gasteiger partial charge in [-0.05, 0) is 49.2 Å². The Labute approximate surface area is 154 Å². The van der Waals surface area contributed by atoms with Gasteiger partial charge in [0.25, 0.3) is 5.91 Å². The fraction of sp³-hybridized carbons (Fsp3) is 0.350. The monoisotopic (exact) mass is 355 g/mol. The van der Waals surface area contributed by atoms with Crippen LogP contribution >= 0.6 is 0 Å². The molecule has 2 rings (SSSR count). The van der Waals surface area contributed by atoms with E-state index in [2.05, 4.69) is 15.6 Å². The van der Waals surface area contributed by atoms with E-state index in [0.717, 1.165) is 5.69 Å². The molecule has 26 heavy (non-hydrogen) atoms. The van der Waals surface area contributed by atoms with Gasteiger partial charge in [0.2, 0.25) is 5.91 Å². The van der Waals surface area contributed by atoms with Crippen LogP contribution in [0.25, 0.3) is 0 Å². The summed E-state index contributed by atoms with van der Waals surface area (Å²) >= 11 is 0. The zero-order valence-corrected chi connectivity index (χ0v) is 15.4. The maximum atomic E-state index is 12.5. The van der Waals surface area contributed by atoms with Gasteiger partial charge in [0.15, 0.2) is 0 Å². The Morgan fingerprint density at radius 2 is 1.85 bits per heavy atom. The minimum atomic E-state index is -0.627. The van der Waals surface area contributed by atoms with Gasteiger partial charge in [-0.2, -0.15) is 0 Å². The Kier molecular flexibility index (Phi) is 7.14. The fourth-order valence-corrected chi connectivity index (χ4v) is 2.42. The van der Waals surface area contributed by atoms with Gasteiger partial charge in [0, 0.05) is 11.8 Å². The van der Waals surface area contributed by atoms with E-state index in [4.69, 9.17) is 4.74 Å². The van der Waals surface area contributed by atoms with Crippen molar-refractivity contribution in [3.05, 3.63) is 59.9 Å². The van der Waals surface area contributed by atoms with Gasteiger partial charge in [0.1, 0.15) is 11.8 Å². The molecule has 1 heterocycles. The molecule has 0 saturated heterocycles. The summed E-state index contributed by atoms with van der Waals surface area (Å²) in [4.78, 5) is 29.1. The normalized spacial score (nSPS) is 11.7. The summed E-state index contributed by atoms with van der Waals surface area (Å²) in [5.41, 5.74) is 1.25. The molecular formula is C20H25N3O3. The van der Waals surface area contributed by atoms with E-state index in [0.29, 0.717) is 24.5 Å². The van der Waals surface area contributed by atoms with Crippen molar-refractivity contribution in [1.82, 2.24) is 15.6 Å². The average Bonchev–Trinajstić information content (AvgIpc) is 2.65. The predicted molar refractivity (Wildman–Crippen MR) is 99.8 cm³/mol. The summed E-state index contributed by atoms with van der Waals surface area (Å²) in [5.74, 6) is 0.132. The van der Waals surface area contributed by atoms with E-state index < -0.39 is 6.04 Å². The van der Waals surface area contributed by atoms with Gasteiger partial charge in [-0.3, -0.25) is 14.6 Å². The van der Waals surface area contributed by atoms with E-state index in [1.54, 1.807) is 30.5 Å². The highest BCUT2D eigenvalue weighted by atomic mass is 16.5. The lowest BCUT2D eigenvalue weighted by Crippen LogP contribution is -2.49. The lowest BCUT2D eigenvalue weighted by Gasteiger charge is -2.21. The summed E-state index contributed by atoms with van der Waals surface area (Å²) < 4.78 is 5.37. The number of ether oxygens (including phenoxy) is 1. The third-order valence-electron chi connectivity index (χ3n) is 3.83. The van der Waals surface area contributed by atoms with Crippen LogP contribution in [0.1, 0.15) is 36.8 Å². The maximum Gasteiger partial charge on any atom is 0.251 e. The summed E-state index contributed by atoms with van der Waals surface area (Å²) in [6.07, 6.45) is 1.68. The molecule has 6 heteroatoms. The van der Waals surface area contributed by atoms with E-state index in [9.17, 15) is 9.59 Å². The summed E-state index contributed by atoms with van der Waals surface area (Å²) in [6.45, 7) is 6.57. The van der Waals surface area contributed by atoms with Crippen LogP contribution in [0.2, 0.25) is 0 Å². The molecule has 0 unspecified atom stereocenters. The first-order valence-corrected chi connectivity index (χ1v) is 8.72. The van der Waals surface area contributed by atoms with Gasteiger partial charge in [-0.1, -0.05) is 19.9 Å². The third kappa shape index (κ3) is 5.58. The largest absolute Gasteiger partial charge is 0.494 e. The van der Waals surface area contributed by atoms with Crippen LogP contribution < -0.4 is 15.4 Å². The second-order valence-electron chi connectivity index (χ2n) is 6.19. The quantitative estimate of drug-likeness (QED) is 0.763. The molecule has 0 aliphatic rings. The molecule has 6 nitrogen and oxygen atoms in total. The number of aromatic nitrogens is 1. The van der Waals surface area contributed by atoms with Crippen molar-refractivity contribution in [3.63, 3.8) is 0 Å². The van der Waals surface area contributed by atoms with E-state index in [-0.39, 0.29) is 17.7 Å². The molecule has 2 amide bonds. The summed E-state index contributed by atoms with van der Waals surface area (Å²) in [5, 5.41) is 5.63. The van der Waals surface area contributed by atoms with Crippen LogP contribution in [0.5, 0.6) is 5.75 Å². The molecule has 1 atom stereocenters. The van der Waals surface area contributed by atoms with Gasteiger partial charge < -0.3 is 15.4 Å². The standard InChI is InChI=1S/C20H25N3O3/c1-4-26-17-10-8-15(9-11-17)19(24)23-18(14(2)3)20(25)22-13-16-7-5-6-12-21-16/h5-12,14,18H,4,13H2,1-3H3,(H,22,25)(H,23,24)/t18-/m0/s1. The minimum Gasteiger partial charge on any atom is -0.494 e. The Morgan fingerprint density at radius 3 is 2.42 bits per heavy atom. The second kappa shape index (κ2) is 9.56. The van der Waals surface area contributed by atoms with Gasteiger partial charge >= 0.3 is 0 Å². The van der Waals surface area contributed by atoms with Crippen LogP contribution in [-0.4, -0.2) is 29.4 Å². The zero-order chi connectivity index (χ0) is 18.9. The lowest BCUT2D eigenvalue weighted by atomic mass is 10.0. The SMILES string of the molecule is CCOc1ccc(C(=O)N[C@H](C(=O)NCc2ccccn2)C(C)C)cc1. The third-order valence-corrected chi connectivity index (χ3v) is 3.83. The highest BCUT2D eigenvalue weighted by molar-refractivity contribution is 5.97. The van der Waals surface area contributed by atoms with Crippen molar-refractivity contribution in [2.45, 2.75) is 33.4 Å². The van der Waals surface area contributed by atoms with Crippen molar-refractivity contribution in [1.29, 1.82) is 0 Å². The predicted octanol–water partition coefficient (Wildman–Crippen LogP) is 2.55. The van der Waals surface area contributed by atoms with Crippen LogP contribution in [0.15, 0.2) is 48.7 Å². The van der Waals surface area contributed by atoms with E-state index in [1.807, 2.05) is 39.0 Å². The van der Waals surface area contributed by atoms with Crippen LogP contribution in [-0.2, 0) is 11.3 Å². The first-order valence-electron chi connectivity index (χ1n) is 8.72. The topological polar surface area (TPSA) is 80.3 Å². The average molecular weight is 355 g/mol. The number of hydrogen-bond donors (Lipinski definition) is 2. The van der Waals surface area contributed by atoms with Crippen LogP contribution in [0.4, 0.5) is 0 Å². The van der Waals surface area contributed by atoms with Crippen molar-refractivity contribution in [2.75, 3.05) is 6.61 Å². The number of hydrogen-bond acceptors (Lipinski definition) is 4. The van der Waals surface area contributed by atoms with Gasteiger partial charge in [-0.25, -0.2) is 0 Å². The smallest absolute Gasteiger partial charge is 0.251 e. The van der Waals surface area contributed by atoms with Gasteiger partial charge in [0.05, 0.1) is 18.8 Å². The molecule has 1 aromatic heterocycles. The second-order valence-corrected chi connectivity index (χ2v) is 6.19. The molecule has 0 spiro atoms. The Hall–Kier alpha value is -2.89. The zero-order valence-electron chi connectivity index (χ0n) is 15.4. The number of benzene rings is 1. The molecule has 1 aromatic carbocycles. The number of nitrogens with zero attached hydrogens (tertiary/aromatic N) is 1. The number of carbonyl (C=O) groups excluding carboxylic acids is 2. The molecule has 2 aromatic rings.